The number of aryl methyl sites for hydroxylation is 2. The van der Waals surface area contributed by atoms with Gasteiger partial charge in [-0.15, -0.1) is 0 Å². The molecule has 0 bridgehead atoms. The zero-order chi connectivity index (χ0) is 21.0. The van der Waals surface area contributed by atoms with Crippen molar-refractivity contribution < 1.29 is 0 Å². The lowest BCUT2D eigenvalue weighted by molar-refractivity contribution is 0.770. The van der Waals surface area contributed by atoms with Gasteiger partial charge < -0.3 is 10.3 Å². The number of aromatic amines is 1. The number of fused-ring (bicyclic) bond motifs is 2. The minimum Gasteiger partial charge on any atom is -0.337 e. The summed E-state index contributed by atoms with van der Waals surface area (Å²) in [5.74, 6) is 0. The third-order valence-corrected chi connectivity index (χ3v) is 5.44. The fourth-order valence-electron chi connectivity index (χ4n) is 3.94. The third kappa shape index (κ3) is 2.52. The molecule has 0 saturated heterocycles. The molecule has 0 atom stereocenters. The van der Waals surface area contributed by atoms with Crippen LogP contribution in [0.1, 0.15) is 5.69 Å². The van der Waals surface area contributed by atoms with E-state index in [0.29, 0.717) is 16.5 Å². The van der Waals surface area contributed by atoms with Crippen molar-refractivity contribution in [3.8, 4) is 22.5 Å². The van der Waals surface area contributed by atoms with Crippen LogP contribution in [0, 0.1) is 0 Å². The number of nitrogens with one attached hydrogen (secondary N) is 1. The molecule has 4 aromatic heterocycles. The quantitative estimate of drug-likeness (QED) is 0.474. The third-order valence-electron chi connectivity index (χ3n) is 5.44. The molecule has 9 heteroatoms. The van der Waals surface area contributed by atoms with Crippen molar-refractivity contribution in [2.45, 2.75) is 6.54 Å². The summed E-state index contributed by atoms with van der Waals surface area (Å²) in [5, 5.41) is 12.2. The molecule has 0 spiro atoms. The molecule has 0 radical (unpaired) electrons. The molecule has 9 nitrogen and oxygen atoms in total. The van der Waals surface area contributed by atoms with Gasteiger partial charge in [-0.25, -0.2) is 5.10 Å². The minimum absolute atomic E-state index is 0.116. The number of benzene rings is 1. The van der Waals surface area contributed by atoms with Crippen LogP contribution in [0.5, 0.6) is 0 Å². The second-order valence-corrected chi connectivity index (χ2v) is 7.17. The van der Waals surface area contributed by atoms with Gasteiger partial charge >= 0.3 is 0 Å². The van der Waals surface area contributed by atoms with E-state index in [9.17, 15) is 9.59 Å². The van der Waals surface area contributed by atoms with Crippen molar-refractivity contribution in [2.75, 3.05) is 0 Å². The number of rotatable bonds is 3. The maximum Gasteiger partial charge on any atom is 0.272 e. The Labute approximate surface area is 170 Å². The second kappa shape index (κ2) is 6.53. The summed E-state index contributed by atoms with van der Waals surface area (Å²) >= 11 is 0. The molecule has 0 unspecified atom stereocenters. The molecular weight excluding hydrogens is 382 g/mol. The molecular formula is C21H19N7O2. The topological polar surface area (TPSA) is 116 Å². The van der Waals surface area contributed by atoms with E-state index in [-0.39, 0.29) is 17.7 Å². The van der Waals surface area contributed by atoms with Crippen LogP contribution in [0.4, 0.5) is 0 Å². The van der Waals surface area contributed by atoms with Gasteiger partial charge in [0.1, 0.15) is 5.65 Å². The summed E-state index contributed by atoms with van der Waals surface area (Å²) in [6.45, 7) is 0.204. The summed E-state index contributed by atoms with van der Waals surface area (Å²) in [7, 11) is 3.73. The second-order valence-electron chi connectivity index (χ2n) is 7.17. The molecule has 150 valence electrons. The number of nitrogens with zero attached hydrogens (tertiary/aromatic N) is 5. The molecule has 0 saturated carbocycles. The molecule has 30 heavy (non-hydrogen) atoms. The van der Waals surface area contributed by atoms with E-state index < -0.39 is 0 Å². The Hall–Kier alpha value is -3.98. The van der Waals surface area contributed by atoms with Gasteiger partial charge in [-0.2, -0.15) is 10.2 Å². The molecule has 4 heterocycles. The highest BCUT2D eigenvalue weighted by atomic mass is 16.1. The van der Waals surface area contributed by atoms with Gasteiger partial charge in [0.25, 0.3) is 11.1 Å². The van der Waals surface area contributed by atoms with Crippen LogP contribution in [0.3, 0.4) is 0 Å². The van der Waals surface area contributed by atoms with Crippen molar-refractivity contribution in [2.24, 2.45) is 19.8 Å². The van der Waals surface area contributed by atoms with E-state index in [0.717, 1.165) is 28.2 Å². The van der Waals surface area contributed by atoms with Crippen LogP contribution in [0.2, 0.25) is 0 Å². The van der Waals surface area contributed by atoms with Crippen molar-refractivity contribution in [3.05, 3.63) is 75.2 Å². The Kier molecular flexibility index (Phi) is 3.93. The van der Waals surface area contributed by atoms with Crippen molar-refractivity contribution in [1.29, 1.82) is 0 Å². The molecule has 0 aliphatic rings. The van der Waals surface area contributed by atoms with Gasteiger partial charge in [-0.1, -0.05) is 6.07 Å². The van der Waals surface area contributed by atoms with Gasteiger partial charge in [0.05, 0.1) is 28.7 Å². The van der Waals surface area contributed by atoms with Gasteiger partial charge in [0.15, 0.2) is 0 Å². The fourth-order valence-corrected chi connectivity index (χ4v) is 3.94. The summed E-state index contributed by atoms with van der Waals surface area (Å²) in [4.78, 5) is 24.8. The van der Waals surface area contributed by atoms with E-state index in [1.165, 1.54) is 6.07 Å². The molecule has 5 rings (SSSR count). The highest BCUT2D eigenvalue weighted by molar-refractivity contribution is 5.91. The van der Waals surface area contributed by atoms with E-state index in [4.69, 9.17) is 5.73 Å². The lowest BCUT2D eigenvalue weighted by atomic mass is 10.0. The van der Waals surface area contributed by atoms with Crippen molar-refractivity contribution in [1.82, 2.24) is 28.9 Å². The lowest BCUT2D eigenvalue weighted by Crippen LogP contribution is -2.16. The SMILES string of the molecule is Cn1ncc(-c2ccc3c(=O)[nH]nc(CN)c3c2)c1-c1ccc2n(C)ccc(=O)n12. The predicted octanol–water partition coefficient (Wildman–Crippen LogP) is 1.40. The molecule has 3 N–H and O–H groups in total. The van der Waals surface area contributed by atoms with Gasteiger partial charge in [0.2, 0.25) is 0 Å². The van der Waals surface area contributed by atoms with Crippen molar-refractivity contribution in [3.63, 3.8) is 0 Å². The van der Waals surface area contributed by atoms with E-state index in [1.807, 2.05) is 42.9 Å². The highest BCUT2D eigenvalue weighted by Crippen LogP contribution is 2.33. The summed E-state index contributed by atoms with van der Waals surface area (Å²) in [5.41, 5.74) is 10.1. The van der Waals surface area contributed by atoms with Gasteiger partial charge in [-0.05, 0) is 29.8 Å². The molecule has 0 amide bonds. The maximum atomic E-state index is 12.6. The number of hydrogen-bond acceptors (Lipinski definition) is 5. The first-order chi connectivity index (χ1) is 14.5. The maximum absolute atomic E-state index is 12.6. The largest absolute Gasteiger partial charge is 0.337 e. The molecule has 1 aromatic carbocycles. The Morgan fingerprint density at radius 3 is 2.70 bits per heavy atom. The predicted molar refractivity (Wildman–Crippen MR) is 114 cm³/mol. The molecule has 0 aliphatic carbocycles. The van der Waals surface area contributed by atoms with Crippen LogP contribution < -0.4 is 16.9 Å². The Bertz CT molecular complexity index is 1550. The average Bonchev–Trinajstić information content (AvgIpc) is 3.35. The molecule has 5 aromatic rings. The number of hydrogen-bond donors (Lipinski definition) is 2. The molecule has 0 fully saturated rings. The Morgan fingerprint density at radius 2 is 1.90 bits per heavy atom. The van der Waals surface area contributed by atoms with Gasteiger partial charge in [0, 0.05) is 43.9 Å². The van der Waals surface area contributed by atoms with E-state index in [1.54, 1.807) is 27.5 Å². The first-order valence-corrected chi connectivity index (χ1v) is 9.41. The Morgan fingerprint density at radius 1 is 1.07 bits per heavy atom. The molecule has 0 aliphatic heterocycles. The average molecular weight is 401 g/mol. The zero-order valence-electron chi connectivity index (χ0n) is 16.5. The van der Waals surface area contributed by atoms with E-state index >= 15 is 0 Å². The number of aromatic nitrogens is 6. The summed E-state index contributed by atoms with van der Waals surface area (Å²) in [6, 6.07) is 10.9. The van der Waals surface area contributed by atoms with Crippen molar-refractivity contribution >= 4 is 16.4 Å². The standard InChI is InChI=1S/C21H19N7O2/c1-26-8-7-19(29)28-17(5-6-18(26)28)20-15(11-23-27(20)2)12-3-4-13-14(9-12)16(10-22)24-25-21(13)30/h3-9,11H,10,22H2,1-2H3,(H,25,30). The highest BCUT2D eigenvalue weighted by Gasteiger charge is 2.18. The van der Waals surface area contributed by atoms with Crippen LogP contribution in [-0.4, -0.2) is 28.9 Å². The number of nitrogens with two attached hydrogens (primary N) is 1. The number of H-pyrrole nitrogens is 1. The van der Waals surface area contributed by atoms with Crippen LogP contribution in [0.15, 0.2) is 58.4 Å². The van der Waals surface area contributed by atoms with E-state index in [2.05, 4.69) is 15.3 Å². The monoisotopic (exact) mass is 401 g/mol. The lowest BCUT2D eigenvalue weighted by Gasteiger charge is -2.10. The smallest absolute Gasteiger partial charge is 0.272 e. The van der Waals surface area contributed by atoms with Crippen LogP contribution >= 0.6 is 0 Å². The summed E-state index contributed by atoms with van der Waals surface area (Å²) < 4.78 is 5.30. The minimum atomic E-state index is -0.263. The first kappa shape index (κ1) is 18.1. The first-order valence-electron chi connectivity index (χ1n) is 9.41. The Balaban J connectivity index is 1.80. The van der Waals surface area contributed by atoms with Gasteiger partial charge in [-0.3, -0.25) is 18.7 Å². The zero-order valence-corrected chi connectivity index (χ0v) is 16.5. The normalized spacial score (nSPS) is 11.6. The van der Waals surface area contributed by atoms with Crippen LogP contribution in [-0.2, 0) is 20.6 Å². The summed E-state index contributed by atoms with van der Waals surface area (Å²) in [6.07, 6.45) is 3.50. The van der Waals surface area contributed by atoms with Crippen LogP contribution in [0.25, 0.3) is 38.9 Å². The fraction of sp³-hybridized carbons (Fsp3) is 0.143.